The largest absolute Gasteiger partial charge is 0.369 e. The molecule has 3 heterocycles. The molecule has 7 nitrogen and oxygen atoms in total. The molecule has 2 aromatic carbocycles. The number of hydrogen-bond donors (Lipinski definition) is 0. The SMILES string of the molecule is Cc1cc(Cc2nn(CCCN3CCN(c4ccc(Cl)c(Cl)c4)CC3)c(=O)c3c(F)cccc23)no1. The molecule has 1 saturated heterocycles. The van der Waals surface area contributed by atoms with E-state index in [2.05, 4.69) is 20.1 Å². The molecule has 0 unspecified atom stereocenters. The van der Waals surface area contributed by atoms with E-state index >= 15 is 0 Å². The third-order valence-electron chi connectivity index (χ3n) is 6.52. The van der Waals surface area contributed by atoms with Crippen molar-refractivity contribution in [2.24, 2.45) is 0 Å². The predicted octanol–water partition coefficient (Wildman–Crippen LogP) is 4.94. The highest BCUT2D eigenvalue weighted by atomic mass is 35.5. The normalized spacial score (nSPS) is 14.6. The van der Waals surface area contributed by atoms with Crippen molar-refractivity contribution in [3.05, 3.63) is 85.8 Å². The maximum Gasteiger partial charge on any atom is 0.277 e. The van der Waals surface area contributed by atoms with Crippen molar-refractivity contribution in [3.8, 4) is 0 Å². The number of aromatic nitrogens is 3. The van der Waals surface area contributed by atoms with E-state index in [1.165, 1.54) is 10.7 Å². The fourth-order valence-corrected chi connectivity index (χ4v) is 4.96. The molecule has 4 aromatic rings. The van der Waals surface area contributed by atoms with E-state index in [9.17, 15) is 9.18 Å². The zero-order chi connectivity index (χ0) is 25.2. The molecule has 0 N–H and O–H groups in total. The highest BCUT2D eigenvalue weighted by molar-refractivity contribution is 6.42. The number of hydrogen-bond acceptors (Lipinski definition) is 6. The molecule has 188 valence electrons. The van der Waals surface area contributed by atoms with E-state index in [0.717, 1.165) is 44.8 Å². The van der Waals surface area contributed by atoms with Gasteiger partial charge in [0.25, 0.3) is 5.56 Å². The maximum atomic E-state index is 14.7. The Balaban J connectivity index is 1.26. The number of fused-ring (bicyclic) bond motifs is 1. The van der Waals surface area contributed by atoms with Crippen LogP contribution in [0.3, 0.4) is 0 Å². The number of anilines is 1. The zero-order valence-corrected chi connectivity index (χ0v) is 21.4. The number of halogens is 3. The Morgan fingerprint density at radius 3 is 2.56 bits per heavy atom. The Morgan fingerprint density at radius 2 is 1.83 bits per heavy atom. The predicted molar refractivity (Wildman–Crippen MR) is 140 cm³/mol. The zero-order valence-electron chi connectivity index (χ0n) is 19.9. The van der Waals surface area contributed by atoms with Crippen molar-refractivity contribution in [3.63, 3.8) is 0 Å². The van der Waals surface area contributed by atoms with Crippen LogP contribution in [0.5, 0.6) is 0 Å². The average molecular weight is 530 g/mol. The Labute approximate surface area is 218 Å². The number of aryl methyl sites for hydroxylation is 2. The number of nitrogens with zero attached hydrogens (tertiary/aromatic N) is 5. The molecule has 0 bridgehead atoms. The second-order valence-corrected chi connectivity index (χ2v) is 9.84. The molecule has 0 atom stereocenters. The van der Waals surface area contributed by atoms with Gasteiger partial charge in [-0.15, -0.1) is 0 Å². The van der Waals surface area contributed by atoms with Crippen LogP contribution in [-0.4, -0.2) is 52.6 Å². The topological polar surface area (TPSA) is 67.4 Å². The summed E-state index contributed by atoms with van der Waals surface area (Å²) in [5.41, 5.74) is 1.95. The molecule has 1 aliphatic heterocycles. The maximum absolute atomic E-state index is 14.7. The minimum atomic E-state index is -0.537. The van der Waals surface area contributed by atoms with Crippen molar-refractivity contribution >= 4 is 39.7 Å². The van der Waals surface area contributed by atoms with Gasteiger partial charge in [0.05, 0.1) is 26.8 Å². The molecule has 0 amide bonds. The van der Waals surface area contributed by atoms with Gasteiger partial charge >= 0.3 is 0 Å². The van der Waals surface area contributed by atoms with E-state index in [0.29, 0.717) is 45.5 Å². The van der Waals surface area contributed by atoms with E-state index in [1.54, 1.807) is 12.1 Å². The highest BCUT2D eigenvalue weighted by Crippen LogP contribution is 2.28. The molecule has 0 radical (unpaired) electrons. The lowest BCUT2D eigenvalue weighted by molar-refractivity contribution is 0.248. The Bertz CT molecular complexity index is 1450. The van der Waals surface area contributed by atoms with Crippen LogP contribution in [0, 0.1) is 12.7 Å². The molecule has 0 aliphatic carbocycles. The van der Waals surface area contributed by atoms with Gasteiger partial charge in [-0.05, 0) is 37.6 Å². The molecule has 0 spiro atoms. The van der Waals surface area contributed by atoms with Crippen molar-refractivity contribution in [2.45, 2.75) is 26.3 Å². The lowest BCUT2D eigenvalue weighted by Gasteiger charge is -2.36. The summed E-state index contributed by atoms with van der Waals surface area (Å²) in [5, 5.41) is 10.3. The monoisotopic (exact) mass is 529 g/mol. The molecule has 5 rings (SSSR count). The Kier molecular flexibility index (Phi) is 7.27. The summed E-state index contributed by atoms with van der Waals surface area (Å²) in [6, 6.07) is 12.2. The minimum Gasteiger partial charge on any atom is -0.369 e. The van der Waals surface area contributed by atoms with Gasteiger partial charge in [0.1, 0.15) is 11.6 Å². The summed E-state index contributed by atoms with van der Waals surface area (Å²) in [5.74, 6) is 0.151. The molecule has 1 aliphatic rings. The first-order chi connectivity index (χ1) is 17.4. The third-order valence-corrected chi connectivity index (χ3v) is 7.26. The summed E-state index contributed by atoms with van der Waals surface area (Å²) in [6.45, 7) is 6.57. The van der Waals surface area contributed by atoms with Crippen LogP contribution in [0.1, 0.15) is 23.6 Å². The lowest BCUT2D eigenvalue weighted by Crippen LogP contribution is -2.46. The number of rotatable bonds is 7. The molecule has 36 heavy (non-hydrogen) atoms. The first kappa shape index (κ1) is 24.7. The summed E-state index contributed by atoms with van der Waals surface area (Å²) >= 11 is 12.2. The second-order valence-electron chi connectivity index (χ2n) is 9.02. The van der Waals surface area contributed by atoms with Gasteiger partial charge in [-0.2, -0.15) is 5.10 Å². The molecule has 10 heteroatoms. The quantitative estimate of drug-likeness (QED) is 0.337. The van der Waals surface area contributed by atoms with E-state index in [-0.39, 0.29) is 5.39 Å². The summed E-state index contributed by atoms with van der Waals surface area (Å²) in [7, 11) is 0. The average Bonchev–Trinajstić information content (AvgIpc) is 3.28. The minimum absolute atomic E-state index is 0.0676. The van der Waals surface area contributed by atoms with Crippen LogP contribution in [0.2, 0.25) is 10.0 Å². The second kappa shape index (κ2) is 10.6. The van der Waals surface area contributed by atoms with Gasteiger partial charge in [-0.1, -0.05) is 40.5 Å². The van der Waals surface area contributed by atoms with Gasteiger partial charge in [0.15, 0.2) is 0 Å². The van der Waals surface area contributed by atoms with E-state index in [4.69, 9.17) is 27.7 Å². The molecule has 0 saturated carbocycles. The van der Waals surface area contributed by atoms with E-state index < -0.39 is 11.4 Å². The van der Waals surface area contributed by atoms with E-state index in [1.807, 2.05) is 31.2 Å². The first-order valence-corrected chi connectivity index (χ1v) is 12.7. The number of piperazine rings is 1. The van der Waals surface area contributed by atoms with Crippen molar-refractivity contribution in [2.75, 3.05) is 37.6 Å². The molecular weight excluding hydrogens is 504 g/mol. The smallest absolute Gasteiger partial charge is 0.277 e. The van der Waals surface area contributed by atoms with Gasteiger partial charge in [-0.3, -0.25) is 9.69 Å². The van der Waals surface area contributed by atoms with Crippen LogP contribution in [0.25, 0.3) is 10.8 Å². The van der Waals surface area contributed by atoms with Gasteiger partial charge in [0.2, 0.25) is 0 Å². The number of benzene rings is 2. The van der Waals surface area contributed by atoms with Gasteiger partial charge < -0.3 is 9.42 Å². The molecule has 2 aromatic heterocycles. The van der Waals surface area contributed by atoms with Crippen molar-refractivity contribution in [1.82, 2.24) is 19.8 Å². The molecule has 1 fully saturated rings. The van der Waals surface area contributed by atoms with Crippen LogP contribution >= 0.6 is 23.2 Å². The lowest BCUT2D eigenvalue weighted by atomic mass is 10.1. The highest BCUT2D eigenvalue weighted by Gasteiger charge is 2.19. The van der Waals surface area contributed by atoms with Crippen LogP contribution in [0.4, 0.5) is 10.1 Å². The van der Waals surface area contributed by atoms with Crippen LogP contribution in [0.15, 0.2) is 51.8 Å². The summed E-state index contributed by atoms with van der Waals surface area (Å²) in [6.07, 6.45) is 1.08. The molecular formula is C26H26Cl2FN5O2. The van der Waals surface area contributed by atoms with Crippen molar-refractivity contribution in [1.29, 1.82) is 0 Å². The van der Waals surface area contributed by atoms with Gasteiger partial charge in [0, 0.05) is 62.8 Å². The van der Waals surface area contributed by atoms with Crippen LogP contribution < -0.4 is 10.5 Å². The Morgan fingerprint density at radius 1 is 1.03 bits per heavy atom. The standard InChI is InChI=1S/C26H26Cl2FN5O2/c1-17-14-18(31-36-17)15-24-20-4-2-5-23(29)25(20)26(35)34(30-24)9-3-8-32-10-12-33(13-11-32)19-6-7-21(27)22(28)16-19/h2,4-7,14,16H,3,8-13,15H2,1H3. The van der Waals surface area contributed by atoms with Crippen molar-refractivity contribution < 1.29 is 8.91 Å². The fraction of sp³-hybridized carbons (Fsp3) is 0.346. The fourth-order valence-electron chi connectivity index (χ4n) is 4.67. The van der Waals surface area contributed by atoms with Gasteiger partial charge in [-0.25, -0.2) is 9.07 Å². The third kappa shape index (κ3) is 5.26. The summed E-state index contributed by atoms with van der Waals surface area (Å²) in [4.78, 5) is 17.7. The summed E-state index contributed by atoms with van der Waals surface area (Å²) < 4.78 is 21.2. The first-order valence-electron chi connectivity index (χ1n) is 11.9. The Hall–Kier alpha value is -2.94. The van der Waals surface area contributed by atoms with Crippen LogP contribution in [-0.2, 0) is 13.0 Å².